The summed E-state index contributed by atoms with van der Waals surface area (Å²) in [6.07, 6.45) is 1.84. The molecule has 0 spiro atoms. The zero-order chi connectivity index (χ0) is 12.5. The lowest BCUT2D eigenvalue weighted by molar-refractivity contribution is -0.120. The molecule has 92 valence electrons. The maximum Gasteiger partial charge on any atom is 0.269 e. The van der Waals surface area contributed by atoms with Crippen LogP contribution in [0.25, 0.3) is 0 Å². The first-order valence-corrected chi connectivity index (χ1v) is 5.79. The van der Waals surface area contributed by atoms with Crippen molar-refractivity contribution in [1.29, 1.82) is 0 Å². The third kappa shape index (κ3) is 5.31. The number of carbonyl (C=O) groups excluding carboxylic acids is 2. The third-order valence-electron chi connectivity index (χ3n) is 1.95. The summed E-state index contributed by atoms with van der Waals surface area (Å²) in [6.45, 7) is 0.748. The molecule has 0 saturated carbocycles. The molecule has 0 atom stereocenters. The van der Waals surface area contributed by atoms with E-state index in [4.69, 9.17) is 11.6 Å². The highest BCUT2D eigenvalue weighted by Crippen LogP contribution is 1.91. The number of nitrogens with zero attached hydrogens (tertiary/aromatic N) is 1. The van der Waals surface area contributed by atoms with Gasteiger partial charge >= 0.3 is 0 Å². The number of rotatable bonds is 6. The van der Waals surface area contributed by atoms with Crippen LogP contribution in [0.1, 0.15) is 16.9 Å². The lowest BCUT2D eigenvalue weighted by atomic mass is 10.3. The molecule has 0 unspecified atom stereocenters. The molecule has 0 aliphatic heterocycles. The molecule has 5 nitrogen and oxygen atoms in total. The average Bonchev–Trinajstić information content (AvgIpc) is 2.36. The second-order valence-corrected chi connectivity index (χ2v) is 3.64. The molecule has 0 radical (unpaired) electrons. The number of alkyl halides is 1. The molecule has 2 N–H and O–H groups in total. The predicted octanol–water partition coefficient (Wildman–Crippen LogP) is 0.556. The second kappa shape index (κ2) is 7.62. The summed E-state index contributed by atoms with van der Waals surface area (Å²) in [7, 11) is 0. The molecule has 0 aromatic carbocycles. The third-order valence-corrected chi connectivity index (χ3v) is 2.14. The number of aromatic nitrogens is 1. The van der Waals surface area contributed by atoms with Gasteiger partial charge in [-0.15, -0.1) is 11.6 Å². The highest BCUT2D eigenvalue weighted by molar-refractivity contribution is 6.18. The number of hydrogen-bond donors (Lipinski definition) is 2. The molecular weight excluding hydrogens is 242 g/mol. The summed E-state index contributed by atoms with van der Waals surface area (Å²) in [4.78, 5) is 26.4. The SMILES string of the molecule is O=C(CCCl)NCCNC(=O)c1ccccn1. The number of amides is 2. The molecule has 1 aromatic rings. The summed E-state index contributed by atoms with van der Waals surface area (Å²) in [5.41, 5.74) is 0.361. The predicted molar refractivity (Wildman–Crippen MR) is 64.9 cm³/mol. The molecule has 1 heterocycles. The van der Waals surface area contributed by atoms with Gasteiger partial charge in [0.2, 0.25) is 5.91 Å². The van der Waals surface area contributed by atoms with Crippen molar-refractivity contribution in [2.45, 2.75) is 6.42 Å². The van der Waals surface area contributed by atoms with Crippen LogP contribution in [0.15, 0.2) is 24.4 Å². The van der Waals surface area contributed by atoms with Crippen LogP contribution in [-0.4, -0.2) is 35.8 Å². The molecule has 0 aliphatic carbocycles. The summed E-state index contributed by atoms with van der Waals surface area (Å²) in [5, 5.41) is 5.28. The highest BCUT2D eigenvalue weighted by Gasteiger charge is 2.05. The van der Waals surface area contributed by atoms with Gasteiger partial charge in [-0.1, -0.05) is 6.07 Å². The van der Waals surface area contributed by atoms with Crippen molar-refractivity contribution < 1.29 is 9.59 Å². The van der Waals surface area contributed by atoms with Crippen LogP contribution in [0.5, 0.6) is 0 Å². The van der Waals surface area contributed by atoms with Crippen LogP contribution in [-0.2, 0) is 4.79 Å². The van der Waals surface area contributed by atoms with Crippen molar-refractivity contribution in [3.8, 4) is 0 Å². The fraction of sp³-hybridized carbons (Fsp3) is 0.364. The van der Waals surface area contributed by atoms with Crippen LogP contribution >= 0.6 is 11.6 Å². The van der Waals surface area contributed by atoms with Crippen LogP contribution < -0.4 is 10.6 Å². The Kier molecular flexibility index (Phi) is 6.03. The Labute approximate surface area is 105 Å². The van der Waals surface area contributed by atoms with Gasteiger partial charge in [0.15, 0.2) is 0 Å². The first-order valence-electron chi connectivity index (χ1n) is 5.26. The van der Waals surface area contributed by atoms with E-state index in [9.17, 15) is 9.59 Å². The van der Waals surface area contributed by atoms with Crippen molar-refractivity contribution in [1.82, 2.24) is 15.6 Å². The van der Waals surface area contributed by atoms with E-state index in [0.29, 0.717) is 24.7 Å². The van der Waals surface area contributed by atoms with Crippen LogP contribution in [0, 0.1) is 0 Å². The first-order chi connectivity index (χ1) is 8.24. The first kappa shape index (κ1) is 13.4. The fourth-order valence-electron chi connectivity index (χ4n) is 1.14. The van der Waals surface area contributed by atoms with E-state index in [1.807, 2.05) is 0 Å². The van der Waals surface area contributed by atoms with Crippen LogP contribution in [0.2, 0.25) is 0 Å². The minimum Gasteiger partial charge on any atom is -0.354 e. The van der Waals surface area contributed by atoms with E-state index < -0.39 is 0 Å². The van der Waals surface area contributed by atoms with Gasteiger partial charge in [-0.25, -0.2) is 0 Å². The highest BCUT2D eigenvalue weighted by atomic mass is 35.5. The quantitative estimate of drug-likeness (QED) is 0.576. The molecule has 1 aromatic heterocycles. The molecule has 0 saturated heterocycles. The molecule has 6 heteroatoms. The number of pyridine rings is 1. The minimum atomic E-state index is -0.253. The lowest BCUT2D eigenvalue weighted by Crippen LogP contribution is -2.35. The fourth-order valence-corrected chi connectivity index (χ4v) is 1.31. The topological polar surface area (TPSA) is 71.1 Å². The number of carbonyl (C=O) groups is 2. The Bertz CT molecular complexity index is 370. The molecule has 17 heavy (non-hydrogen) atoms. The van der Waals surface area contributed by atoms with Gasteiger partial charge in [0, 0.05) is 31.6 Å². The Morgan fingerprint density at radius 1 is 1.24 bits per heavy atom. The van der Waals surface area contributed by atoms with Gasteiger partial charge in [0.25, 0.3) is 5.91 Å². The minimum absolute atomic E-state index is 0.118. The summed E-state index contributed by atoms with van der Waals surface area (Å²) in [6, 6.07) is 5.11. The maximum atomic E-state index is 11.5. The second-order valence-electron chi connectivity index (χ2n) is 3.26. The van der Waals surface area contributed by atoms with E-state index in [0.717, 1.165) is 0 Å². The summed E-state index contributed by atoms with van der Waals surface area (Å²) < 4.78 is 0. The van der Waals surface area contributed by atoms with Crippen molar-refractivity contribution in [2.24, 2.45) is 0 Å². The number of nitrogens with one attached hydrogen (secondary N) is 2. The lowest BCUT2D eigenvalue weighted by Gasteiger charge is -2.05. The van der Waals surface area contributed by atoms with E-state index >= 15 is 0 Å². The standard InChI is InChI=1S/C11H14ClN3O2/c12-5-4-10(16)14-7-8-15-11(17)9-3-1-2-6-13-9/h1-3,6H,4-5,7-8H2,(H,14,16)(H,15,17). The number of halogens is 1. The van der Waals surface area contributed by atoms with E-state index in [2.05, 4.69) is 15.6 Å². The molecule has 0 aliphatic rings. The monoisotopic (exact) mass is 255 g/mol. The van der Waals surface area contributed by atoms with Crippen molar-refractivity contribution in [3.63, 3.8) is 0 Å². The molecule has 2 amide bonds. The zero-order valence-corrected chi connectivity index (χ0v) is 10.0. The normalized spacial score (nSPS) is 9.71. The van der Waals surface area contributed by atoms with Gasteiger partial charge in [-0.3, -0.25) is 14.6 Å². The largest absolute Gasteiger partial charge is 0.354 e. The molecular formula is C11H14ClN3O2. The van der Waals surface area contributed by atoms with Gasteiger partial charge in [0.05, 0.1) is 0 Å². The zero-order valence-electron chi connectivity index (χ0n) is 9.28. The molecule has 1 rings (SSSR count). The van der Waals surface area contributed by atoms with Gasteiger partial charge in [0.1, 0.15) is 5.69 Å². The average molecular weight is 256 g/mol. The summed E-state index contributed by atoms with van der Waals surface area (Å²) in [5.74, 6) is -0.0733. The van der Waals surface area contributed by atoms with E-state index in [1.165, 1.54) is 0 Å². The van der Waals surface area contributed by atoms with E-state index in [-0.39, 0.29) is 18.2 Å². The van der Waals surface area contributed by atoms with E-state index in [1.54, 1.807) is 24.4 Å². The van der Waals surface area contributed by atoms with Gasteiger partial charge in [-0.05, 0) is 12.1 Å². The van der Waals surface area contributed by atoms with Gasteiger partial charge in [-0.2, -0.15) is 0 Å². The Morgan fingerprint density at radius 2 is 2.00 bits per heavy atom. The number of hydrogen-bond acceptors (Lipinski definition) is 3. The molecule has 0 bridgehead atoms. The Hall–Kier alpha value is -1.62. The maximum absolute atomic E-state index is 11.5. The van der Waals surface area contributed by atoms with Crippen molar-refractivity contribution in [3.05, 3.63) is 30.1 Å². The summed E-state index contributed by atoms with van der Waals surface area (Å²) >= 11 is 5.40. The van der Waals surface area contributed by atoms with Crippen LogP contribution in [0.4, 0.5) is 0 Å². The van der Waals surface area contributed by atoms with Crippen LogP contribution in [0.3, 0.4) is 0 Å². The Morgan fingerprint density at radius 3 is 2.65 bits per heavy atom. The van der Waals surface area contributed by atoms with Crippen molar-refractivity contribution in [2.75, 3.05) is 19.0 Å². The van der Waals surface area contributed by atoms with Crippen molar-refractivity contribution >= 4 is 23.4 Å². The molecule has 0 fully saturated rings. The smallest absolute Gasteiger partial charge is 0.269 e. The Balaban J connectivity index is 2.19. The van der Waals surface area contributed by atoms with Gasteiger partial charge < -0.3 is 10.6 Å².